The van der Waals surface area contributed by atoms with E-state index in [1.165, 1.54) is 12.3 Å². The van der Waals surface area contributed by atoms with E-state index in [2.05, 4.69) is 11.6 Å². The molecule has 23 heavy (non-hydrogen) atoms. The van der Waals surface area contributed by atoms with Crippen LogP contribution in [0.4, 0.5) is 13.2 Å². The third-order valence-electron chi connectivity index (χ3n) is 2.98. The van der Waals surface area contributed by atoms with E-state index in [0.29, 0.717) is 10.8 Å². The van der Waals surface area contributed by atoms with E-state index in [1.54, 1.807) is 24.3 Å². The predicted molar refractivity (Wildman–Crippen MR) is 78.5 cm³/mol. The normalized spacial score (nSPS) is 11.3. The summed E-state index contributed by atoms with van der Waals surface area (Å²) in [7, 11) is 0. The van der Waals surface area contributed by atoms with E-state index >= 15 is 0 Å². The maximum absolute atomic E-state index is 12.5. The molecule has 0 radical (unpaired) electrons. The van der Waals surface area contributed by atoms with Gasteiger partial charge in [-0.15, -0.1) is 6.58 Å². The molecular formula is C16H15F3N2O2. The molecule has 1 amide bonds. The summed E-state index contributed by atoms with van der Waals surface area (Å²) in [6.07, 6.45) is -2.19. The molecule has 0 saturated carbocycles. The van der Waals surface area contributed by atoms with Crippen LogP contribution in [0.15, 0.2) is 53.7 Å². The molecule has 1 aromatic heterocycles. The fourth-order valence-corrected chi connectivity index (χ4v) is 2.00. The zero-order valence-electron chi connectivity index (χ0n) is 12.2. The standard InChI is InChI=1S/C16H15F3N2O2/c1-2-8-21(11-16(17,18)19)14(22)9-13-10-23-15(20-13)12-6-4-3-5-7-12/h2-7,10H,1,8-9,11H2. The Bertz CT molecular complexity index is 665. The second kappa shape index (κ2) is 7.13. The van der Waals surface area contributed by atoms with E-state index in [-0.39, 0.29) is 18.7 Å². The minimum atomic E-state index is -4.46. The van der Waals surface area contributed by atoms with E-state index in [9.17, 15) is 18.0 Å². The van der Waals surface area contributed by atoms with Gasteiger partial charge in [-0.1, -0.05) is 24.3 Å². The first-order valence-corrected chi connectivity index (χ1v) is 6.84. The van der Waals surface area contributed by atoms with Crippen LogP contribution in [0.5, 0.6) is 0 Å². The van der Waals surface area contributed by atoms with Crippen molar-refractivity contribution in [3.63, 3.8) is 0 Å². The zero-order chi connectivity index (χ0) is 16.9. The van der Waals surface area contributed by atoms with Crippen molar-refractivity contribution in [2.45, 2.75) is 12.6 Å². The quantitative estimate of drug-likeness (QED) is 0.765. The number of hydrogen-bond acceptors (Lipinski definition) is 3. The lowest BCUT2D eigenvalue weighted by molar-refractivity contribution is -0.159. The van der Waals surface area contributed by atoms with Crippen molar-refractivity contribution in [1.29, 1.82) is 0 Å². The molecule has 1 aromatic carbocycles. The summed E-state index contributed by atoms with van der Waals surface area (Å²) in [6.45, 7) is 1.87. The molecule has 2 rings (SSSR count). The summed E-state index contributed by atoms with van der Waals surface area (Å²) in [6, 6.07) is 9.01. The second-order valence-corrected chi connectivity index (χ2v) is 4.86. The third-order valence-corrected chi connectivity index (χ3v) is 2.98. The van der Waals surface area contributed by atoms with Crippen LogP contribution in [-0.2, 0) is 11.2 Å². The van der Waals surface area contributed by atoms with Gasteiger partial charge in [0.15, 0.2) is 0 Å². The summed E-state index contributed by atoms with van der Waals surface area (Å²) in [5.74, 6) is -0.366. The smallest absolute Gasteiger partial charge is 0.406 e. The molecule has 2 aromatic rings. The van der Waals surface area contributed by atoms with Crippen molar-refractivity contribution >= 4 is 5.91 Å². The molecular weight excluding hydrogens is 309 g/mol. The molecule has 0 spiro atoms. The van der Waals surface area contributed by atoms with Gasteiger partial charge in [0.1, 0.15) is 12.8 Å². The molecule has 0 aliphatic carbocycles. The van der Waals surface area contributed by atoms with Gasteiger partial charge in [0.2, 0.25) is 11.8 Å². The van der Waals surface area contributed by atoms with Crippen molar-refractivity contribution in [1.82, 2.24) is 9.88 Å². The van der Waals surface area contributed by atoms with Crippen molar-refractivity contribution in [2.24, 2.45) is 0 Å². The average molecular weight is 324 g/mol. The van der Waals surface area contributed by atoms with Crippen molar-refractivity contribution in [3.05, 3.63) is 54.9 Å². The number of carbonyl (C=O) groups excluding carboxylic acids is 1. The van der Waals surface area contributed by atoms with Crippen LogP contribution >= 0.6 is 0 Å². The van der Waals surface area contributed by atoms with E-state index in [4.69, 9.17) is 4.42 Å². The number of rotatable bonds is 6. The fraction of sp³-hybridized carbons (Fsp3) is 0.250. The first-order valence-electron chi connectivity index (χ1n) is 6.84. The maximum atomic E-state index is 12.5. The highest BCUT2D eigenvalue weighted by atomic mass is 19.4. The van der Waals surface area contributed by atoms with Gasteiger partial charge in [0.25, 0.3) is 0 Å². The SMILES string of the molecule is C=CCN(CC(F)(F)F)C(=O)Cc1coc(-c2ccccc2)n1. The van der Waals surface area contributed by atoms with Gasteiger partial charge in [-0.25, -0.2) is 4.98 Å². The van der Waals surface area contributed by atoms with Crippen LogP contribution < -0.4 is 0 Å². The number of alkyl halides is 3. The number of aromatic nitrogens is 1. The highest BCUT2D eigenvalue weighted by Crippen LogP contribution is 2.20. The lowest BCUT2D eigenvalue weighted by Crippen LogP contribution is -2.39. The Morgan fingerprint density at radius 1 is 1.30 bits per heavy atom. The Morgan fingerprint density at radius 3 is 2.61 bits per heavy atom. The first-order chi connectivity index (χ1) is 10.9. The largest absolute Gasteiger partial charge is 0.444 e. The summed E-state index contributed by atoms with van der Waals surface area (Å²) in [4.78, 5) is 16.8. The van der Waals surface area contributed by atoms with Crippen LogP contribution in [0.2, 0.25) is 0 Å². The van der Waals surface area contributed by atoms with Gasteiger partial charge in [-0.2, -0.15) is 13.2 Å². The van der Waals surface area contributed by atoms with Crippen LogP contribution in [0.25, 0.3) is 11.5 Å². The summed E-state index contributed by atoms with van der Waals surface area (Å²) in [5.41, 5.74) is 1.01. The molecule has 4 nitrogen and oxygen atoms in total. The lowest BCUT2D eigenvalue weighted by Gasteiger charge is -2.22. The minimum absolute atomic E-state index is 0.179. The summed E-state index contributed by atoms with van der Waals surface area (Å²) in [5, 5.41) is 0. The van der Waals surface area contributed by atoms with Gasteiger partial charge in [-0.05, 0) is 12.1 Å². The highest BCUT2D eigenvalue weighted by molar-refractivity contribution is 5.78. The predicted octanol–water partition coefficient (Wildman–Crippen LogP) is 3.46. The number of carbonyl (C=O) groups is 1. The van der Waals surface area contributed by atoms with Crippen LogP contribution in [-0.4, -0.2) is 35.1 Å². The molecule has 0 aliphatic rings. The van der Waals surface area contributed by atoms with Crippen molar-refractivity contribution in [2.75, 3.05) is 13.1 Å². The number of nitrogens with zero attached hydrogens (tertiary/aromatic N) is 2. The molecule has 0 N–H and O–H groups in total. The van der Waals surface area contributed by atoms with Gasteiger partial charge in [0.05, 0.1) is 12.1 Å². The molecule has 122 valence electrons. The molecule has 1 heterocycles. The molecule has 0 fully saturated rings. The minimum Gasteiger partial charge on any atom is -0.444 e. The van der Waals surface area contributed by atoms with Gasteiger partial charge in [-0.3, -0.25) is 4.79 Å². The van der Waals surface area contributed by atoms with Crippen LogP contribution in [0.1, 0.15) is 5.69 Å². The molecule has 7 heteroatoms. The Labute approximate surface area is 131 Å². The number of oxazole rings is 1. The molecule has 0 saturated heterocycles. The molecule has 0 atom stereocenters. The second-order valence-electron chi connectivity index (χ2n) is 4.86. The maximum Gasteiger partial charge on any atom is 0.406 e. The van der Waals surface area contributed by atoms with Crippen LogP contribution in [0, 0.1) is 0 Å². The van der Waals surface area contributed by atoms with Crippen molar-refractivity contribution in [3.8, 4) is 11.5 Å². The number of benzene rings is 1. The van der Waals surface area contributed by atoms with E-state index < -0.39 is 18.6 Å². The lowest BCUT2D eigenvalue weighted by atomic mass is 10.2. The monoisotopic (exact) mass is 324 g/mol. The topological polar surface area (TPSA) is 46.3 Å². The van der Waals surface area contributed by atoms with Crippen molar-refractivity contribution < 1.29 is 22.4 Å². The van der Waals surface area contributed by atoms with Crippen LogP contribution in [0.3, 0.4) is 0 Å². The average Bonchev–Trinajstić information content (AvgIpc) is 2.95. The molecule has 0 aliphatic heterocycles. The first kappa shape index (κ1) is 16.8. The van der Waals surface area contributed by atoms with Gasteiger partial charge < -0.3 is 9.32 Å². The number of hydrogen-bond donors (Lipinski definition) is 0. The zero-order valence-corrected chi connectivity index (χ0v) is 12.2. The molecule has 0 unspecified atom stereocenters. The third kappa shape index (κ3) is 4.98. The van der Waals surface area contributed by atoms with E-state index in [0.717, 1.165) is 5.56 Å². The fourth-order valence-electron chi connectivity index (χ4n) is 2.00. The summed E-state index contributed by atoms with van der Waals surface area (Å²) < 4.78 is 42.7. The summed E-state index contributed by atoms with van der Waals surface area (Å²) >= 11 is 0. The highest BCUT2D eigenvalue weighted by Gasteiger charge is 2.32. The Hall–Kier alpha value is -2.57. The number of halogens is 3. The Balaban J connectivity index is 2.07. The molecule has 0 bridgehead atoms. The van der Waals surface area contributed by atoms with E-state index in [1.807, 2.05) is 6.07 Å². The van der Waals surface area contributed by atoms with Gasteiger partial charge >= 0.3 is 6.18 Å². The number of amides is 1. The Kier molecular flexibility index (Phi) is 5.20. The van der Waals surface area contributed by atoms with Gasteiger partial charge in [0, 0.05) is 12.1 Å². The Morgan fingerprint density at radius 2 is 2.00 bits per heavy atom.